The number of hydrogen-bond acceptors (Lipinski definition) is 4. The average molecular weight is 297 g/mol. The van der Waals surface area contributed by atoms with Crippen LogP contribution in [0.5, 0.6) is 0 Å². The molecule has 0 bridgehead atoms. The minimum atomic E-state index is -0.927. The van der Waals surface area contributed by atoms with Gasteiger partial charge in [0.2, 0.25) is 5.91 Å². The van der Waals surface area contributed by atoms with Crippen LogP contribution in [-0.4, -0.2) is 45.6 Å². The van der Waals surface area contributed by atoms with Crippen LogP contribution in [0.15, 0.2) is 36.5 Å². The molecule has 5 heteroatoms. The van der Waals surface area contributed by atoms with Gasteiger partial charge in [0.15, 0.2) is 0 Å². The van der Waals surface area contributed by atoms with E-state index in [9.17, 15) is 15.0 Å². The second-order valence-electron chi connectivity index (χ2n) is 5.59. The van der Waals surface area contributed by atoms with Gasteiger partial charge in [0.05, 0.1) is 17.8 Å². The fraction of sp³-hybridized carbons (Fsp3) is 0.562. The van der Waals surface area contributed by atoms with E-state index in [1.165, 1.54) is 6.08 Å². The van der Waals surface area contributed by atoms with E-state index in [1.807, 2.05) is 0 Å². The molecule has 0 radical (unpaired) electrons. The summed E-state index contributed by atoms with van der Waals surface area (Å²) in [6, 6.07) is 0. The number of nitrogens with one attached hydrogen (secondary N) is 1. The summed E-state index contributed by atoms with van der Waals surface area (Å²) in [5.41, 5.74) is -0.927. The van der Waals surface area contributed by atoms with Crippen molar-refractivity contribution in [3.05, 3.63) is 36.5 Å². The van der Waals surface area contributed by atoms with E-state index in [1.54, 1.807) is 51.2 Å². The molecule has 0 aromatic carbocycles. The van der Waals surface area contributed by atoms with Crippen molar-refractivity contribution in [2.24, 2.45) is 0 Å². The molecule has 0 fully saturated rings. The number of allylic oxidation sites excluding steroid dienone is 3. The Labute approximate surface area is 126 Å². The summed E-state index contributed by atoms with van der Waals surface area (Å²) < 4.78 is 0. The molecule has 4 N–H and O–H groups in total. The van der Waals surface area contributed by atoms with Crippen LogP contribution in [0.1, 0.15) is 33.6 Å². The van der Waals surface area contributed by atoms with Crippen LogP contribution in [0.25, 0.3) is 0 Å². The Morgan fingerprint density at radius 3 is 2.43 bits per heavy atom. The van der Waals surface area contributed by atoms with E-state index in [-0.39, 0.29) is 12.5 Å². The Hall–Kier alpha value is -1.43. The third-order valence-corrected chi connectivity index (χ3v) is 2.43. The lowest BCUT2D eigenvalue weighted by Gasteiger charge is -2.16. The van der Waals surface area contributed by atoms with Crippen LogP contribution in [0.4, 0.5) is 0 Å². The molecular weight excluding hydrogens is 270 g/mol. The van der Waals surface area contributed by atoms with Crippen LogP contribution in [0, 0.1) is 0 Å². The number of amides is 1. The molecule has 21 heavy (non-hydrogen) atoms. The van der Waals surface area contributed by atoms with Gasteiger partial charge in [-0.05, 0) is 39.7 Å². The maximum absolute atomic E-state index is 11.4. The predicted octanol–water partition coefficient (Wildman–Crippen LogP) is 1.06. The van der Waals surface area contributed by atoms with Crippen molar-refractivity contribution in [1.29, 1.82) is 0 Å². The summed E-state index contributed by atoms with van der Waals surface area (Å²) in [6.07, 6.45) is 9.65. The summed E-state index contributed by atoms with van der Waals surface area (Å²) in [4.78, 5) is 11.4. The lowest BCUT2D eigenvalue weighted by molar-refractivity contribution is -0.117. The van der Waals surface area contributed by atoms with E-state index < -0.39 is 17.8 Å². The molecule has 0 aliphatic rings. The monoisotopic (exact) mass is 297 g/mol. The molecule has 0 spiro atoms. The molecule has 0 aliphatic heterocycles. The topological polar surface area (TPSA) is 89.8 Å². The van der Waals surface area contributed by atoms with Gasteiger partial charge in [-0.25, -0.2) is 0 Å². The molecule has 120 valence electrons. The zero-order valence-electron chi connectivity index (χ0n) is 13.0. The number of rotatable bonds is 9. The number of carbonyl (C=O) groups is 1. The second-order valence-corrected chi connectivity index (χ2v) is 5.59. The molecule has 5 nitrogen and oxygen atoms in total. The number of aliphatic hydroxyl groups is 3. The van der Waals surface area contributed by atoms with Crippen molar-refractivity contribution in [1.82, 2.24) is 5.32 Å². The fourth-order valence-corrected chi connectivity index (χ4v) is 1.33. The molecule has 2 atom stereocenters. The Bertz CT molecular complexity index is 378. The molecule has 0 rings (SSSR count). The zero-order valence-corrected chi connectivity index (χ0v) is 13.0. The van der Waals surface area contributed by atoms with E-state index in [2.05, 4.69) is 5.32 Å². The lowest BCUT2D eigenvalue weighted by atomic mass is 10.1. The summed E-state index contributed by atoms with van der Waals surface area (Å²) >= 11 is 0. The Kier molecular flexibility index (Phi) is 9.62. The fourth-order valence-electron chi connectivity index (χ4n) is 1.33. The van der Waals surface area contributed by atoms with Gasteiger partial charge in [0, 0.05) is 6.54 Å². The van der Waals surface area contributed by atoms with Crippen LogP contribution in [-0.2, 0) is 4.79 Å². The van der Waals surface area contributed by atoms with Crippen molar-refractivity contribution < 1.29 is 20.1 Å². The van der Waals surface area contributed by atoms with E-state index in [0.29, 0.717) is 12.8 Å². The molecule has 0 aliphatic carbocycles. The van der Waals surface area contributed by atoms with Gasteiger partial charge in [-0.15, -0.1) is 0 Å². The first kappa shape index (κ1) is 19.6. The third kappa shape index (κ3) is 14.8. The number of carbonyl (C=O) groups excluding carboxylic acids is 1. The SMILES string of the molecule is C[C@H](O)/C=C/C=C/[C@H](O)CC/C=C/C(=O)NCC(C)(C)O. The summed E-state index contributed by atoms with van der Waals surface area (Å²) in [5.74, 6) is -0.262. The van der Waals surface area contributed by atoms with Gasteiger partial charge in [0.1, 0.15) is 0 Å². The molecule has 0 saturated heterocycles. The van der Waals surface area contributed by atoms with Gasteiger partial charge in [-0.1, -0.05) is 30.4 Å². The quantitative estimate of drug-likeness (QED) is 0.378. The van der Waals surface area contributed by atoms with Gasteiger partial charge in [0.25, 0.3) is 0 Å². The normalized spacial score (nSPS) is 15.9. The number of hydrogen-bond donors (Lipinski definition) is 4. The first-order chi connectivity index (χ1) is 9.70. The highest BCUT2D eigenvalue weighted by Gasteiger charge is 2.12. The molecule has 0 saturated carbocycles. The molecule has 0 unspecified atom stereocenters. The van der Waals surface area contributed by atoms with Crippen molar-refractivity contribution in [2.45, 2.75) is 51.4 Å². The van der Waals surface area contributed by atoms with E-state index in [0.717, 1.165) is 0 Å². The highest BCUT2D eigenvalue weighted by Crippen LogP contribution is 2.01. The van der Waals surface area contributed by atoms with Crippen LogP contribution < -0.4 is 5.32 Å². The summed E-state index contributed by atoms with van der Waals surface area (Å²) in [6.45, 7) is 5.07. The zero-order chi connectivity index (χ0) is 16.3. The third-order valence-electron chi connectivity index (χ3n) is 2.43. The second kappa shape index (κ2) is 10.3. The first-order valence-corrected chi connectivity index (χ1v) is 7.08. The van der Waals surface area contributed by atoms with Crippen molar-refractivity contribution in [3.63, 3.8) is 0 Å². The molecule has 1 amide bonds. The van der Waals surface area contributed by atoms with E-state index in [4.69, 9.17) is 5.11 Å². The Morgan fingerprint density at radius 2 is 1.86 bits per heavy atom. The van der Waals surface area contributed by atoms with Crippen LogP contribution in [0.3, 0.4) is 0 Å². The molecule has 0 heterocycles. The smallest absolute Gasteiger partial charge is 0.243 e. The Balaban J connectivity index is 3.87. The average Bonchev–Trinajstić information content (AvgIpc) is 2.36. The van der Waals surface area contributed by atoms with Gasteiger partial charge in [-0.2, -0.15) is 0 Å². The van der Waals surface area contributed by atoms with E-state index >= 15 is 0 Å². The number of aliphatic hydroxyl groups excluding tert-OH is 2. The minimum absolute atomic E-state index is 0.192. The highest BCUT2D eigenvalue weighted by molar-refractivity contribution is 5.87. The first-order valence-electron chi connectivity index (χ1n) is 7.08. The van der Waals surface area contributed by atoms with Gasteiger partial charge >= 0.3 is 0 Å². The predicted molar refractivity (Wildman–Crippen MR) is 83.6 cm³/mol. The lowest BCUT2D eigenvalue weighted by Crippen LogP contribution is -2.37. The van der Waals surface area contributed by atoms with Crippen molar-refractivity contribution >= 4 is 5.91 Å². The standard InChI is InChI=1S/C16H27NO4/c1-13(18)8-4-5-9-14(19)10-6-7-11-15(20)17-12-16(2,3)21/h4-5,7-9,11,13-14,18-19,21H,6,10,12H2,1-3H3,(H,17,20)/b8-4+,9-5+,11-7+/t13-,14-/m0/s1. The minimum Gasteiger partial charge on any atom is -0.389 e. The molecule has 0 aromatic heterocycles. The van der Waals surface area contributed by atoms with Gasteiger partial charge < -0.3 is 20.6 Å². The van der Waals surface area contributed by atoms with Crippen LogP contribution in [0.2, 0.25) is 0 Å². The van der Waals surface area contributed by atoms with Gasteiger partial charge in [-0.3, -0.25) is 4.79 Å². The van der Waals surface area contributed by atoms with Crippen molar-refractivity contribution in [2.75, 3.05) is 6.54 Å². The van der Waals surface area contributed by atoms with Crippen LogP contribution >= 0.6 is 0 Å². The maximum Gasteiger partial charge on any atom is 0.243 e. The summed E-state index contributed by atoms with van der Waals surface area (Å²) in [5, 5.41) is 30.7. The highest BCUT2D eigenvalue weighted by atomic mass is 16.3. The van der Waals surface area contributed by atoms with Crippen molar-refractivity contribution in [3.8, 4) is 0 Å². The summed E-state index contributed by atoms with van der Waals surface area (Å²) in [7, 11) is 0. The molecule has 0 aromatic rings. The molecular formula is C16H27NO4. The maximum atomic E-state index is 11.4. The largest absolute Gasteiger partial charge is 0.389 e. The Morgan fingerprint density at radius 1 is 1.24 bits per heavy atom.